The highest BCUT2D eigenvalue weighted by molar-refractivity contribution is 6.01. The molecule has 0 unspecified atom stereocenters. The Labute approximate surface area is 216 Å². The van der Waals surface area contributed by atoms with Crippen LogP contribution in [0.15, 0.2) is 36.4 Å². The van der Waals surface area contributed by atoms with E-state index in [1.54, 1.807) is 44.2 Å². The van der Waals surface area contributed by atoms with E-state index in [1.165, 1.54) is 4.80 Å². The Balaban J connectivity index is 1.57. The number of rotatable bonds is 9. The lowest BCUT2D eigenvalue weighted by atomic mass is 10.1. The minimum Gasteiger partial charge on any atom is -0.493 e. The average molecular weight is 507 g/mol. The van der Waals surface area contributed by atoms with E-state index in [0.29, 0.717) is 28.6 Å². The second-order valence-corrected chi connectivity index (χ2v) is 9.43. The molecule has 0 aliphatic heterocycles. The highest BCUT2D eigenvalue weighted by Gasteiger charge is 2.31. The number of carbonyl (C=O) groups excluding carboxylic acids is 2. The van der Waals surface area contributed by atoms with E-state index < -0.39 is 6.04 Å². The van der Waals surface area contributed by atoms with E-state index >= 15 is 0 Å². The minimum absolute atomic E-state index is 0.159. The number of nitrogens with zero attached hydrogens (tertiary/aromatic N) is 5. The Morgan fingerprint density at radius 2 is 1.81 bits per heavy atom. The van der Waals surface area contributed by atoms with Gasteiger partial charge in [-0.3, -0.25) is 14.5 Å². The number of tetrazole rings is 1. The molecule has 1 aliphatic carbocycles. The van der Waals surface area contributed by atoms with Crippen molar-refractivity contribution in [3.63, 3.8) is 0 Å². The number of methoxy groups -OCH3 is 2. The highest BCUT2D eigenvalue weighted by atomic mass is 16.5. The Kier molecular flexibility index (Phi) is 8.05. The Morgan fingerprint density at radius 3 is 2.49 bits per heavy atom. The summed E-state index contributed by atoms with van der Waals surface area (Å²) in [5.41, 5.74) is 3.34. The van der Waals surface area contributed by atoms with Gasteiger partial charge in [0.05, 0.1) is 14.2 Å². The van der Waals surface area contributed by atoms with Crippen molar-refractivity contribution in [2.24, 2.45) is 0 Å². The average Bonchev–Trinajstić information content (AvgIpc) is 3.57. The van der Waals surface area contributed by atoms with Crippen LogP contribution < -0.4 is 19.7 Å². The number of anilines is 1. The molecule has 10 heteroatoms. The third-order valence-corrected chi connectivity index (χ3v) is 6.72. The van der Waals surface area contributed by atoms with Crippen molar-refractivity contribution < 1.29 is 19.1 Å². The van der Waals surface area contributed by atoms with Gasteiger partial charge in [-0.2, -0.15) is 4.80 Å². The summed E-state index contributed by atoms with van der Waals surface area (Å²) in [6.45, 7) is 5.52. The van der Waals surface area contributed by atoms with Crippen molar-refractivity contribution in [3.8, 4) is 22.9 Å². The van der Waals surface area contributed by atoms with Gasteiger partial charge in [0.25, 0.3) is 5.91 Å². The predicted molar refractivity (Wildman–Crippen MR) is 140 cm³/mol. The molecule has 1 atom stereocenters. The van der Waals surface area contributed by atoms with Crippen LogP contribution in [0.5, 0.6) is 11.5 Å². The molecule has 0 saturated heterocycles. The maximum Gasteiger partial charge on any atom is 0.251 e. The molecule has 1 aromatic heterocycles. The summed E-state index contributed by atoms with van der Waals surface area (Å²) < 4.78 is 10.6. The molecule has 4 rings (SSSR count). The second-order valence-electron chi connectivity index (χ2n) is 9.43. The lowest BCUT2D eigenvalue weighted by molar-refractivity contribution is -0.127. The smallest absolute Gasteiger partial charge is 0.251 e. The van der Waals surface area contributed by atoms with Gasteiger partial charge in [-0.1, -0.05) is 30.5 Å². The highest BCUT2D eigenvalue weighted by Crippen LogP contribution is 2.31. The van der Waals surface area contributed by atoms with Crippen molar-refractivity contribution >= 4 is 17.5 Å². The van der Waals surface area contributed by atoms with Gasteiger partial charge in [0.2, 0.25) is 11.7 Å². The van der Waals surface area contributed by atoms with Gasteiger partial charge in [0.15, 0.2) is 11.5 Å². The molecule has 196 valence electrons. The van der Waals surface area contributed by atoms with E-state index in [1.807, 2.05) is 32.0 Å². The molecular weight excluding hydrogens is 472 g/mol. The molecule has 0 spiro atoms. The van der Waals surface area contributed by atoms with Gasteiger partial charge in [-0.15, -0.1) is 10.2 Å². The summed E-state index contributed by atoms with van der Waals surface area (Å²) in [7, 11) is 3.12. The van der Waals surface area contributed by atoms with Gasteiger partial charge in [0, 0.05) is 17.3 Å². The van der Waals surface area contributed by atoms with E-state index in [-0.39, 0.29) is 24.4 Å². The number of carbonyl (C=O) groups is 2. The quantitative estimate of drug-likeness (QED) is 0.473. The van der Waals surface area contributed by atoms with Crippen LogP contribution in [-0.4, -0.2) is 58.3 Å². The van der Waals surface area contributed by atoms with Crippen LogP contribution in [0.25, 0.3) is 11.4 Å². The molecule has 0 bridgehead atoms. The predicted octanol–water partition coefficient (Wildman–Crippen LogP) is 3.45. The molecule has 1 aliphatic rings. The van der Waals surface area contributed by atoms with Gasteiger partial charge < -0.3 is 14.8 Å². The van der Waals surface area contributed by atoms with Crippen LogP contribution in [0.2, 0.25) is 0 Å². The van der Waals surface area contributed by atoms with Crippen molar-refractivity contribution in [2.75, 3.05) is 19.1 Å². The number of aryl methyl sites for hydroxylation is 2. The molecule has 3 aromatic rings. The van der Waals surface area contributed by atoms with Crippen molar-refractivity contribution in [1.82, 2.24) is 25.5 Å². The number of hydrogen-bond donors (Lipinski definition) is 1. The first-order chi connectivity index (χ1) is 17.8. The van der Waals surface area contributed by atoms with E-state index in [0.717, 1.165) is 36.8 Å². The van der Waals surface area contributed by atoms with E-state index in [9.17, 15) is 9.59 Å². The second kappa shape index (κ2) is 11.4. The van der Waals surface area contributed by atoms with Crippen LogP contribution in [-0.2, 0) is 16.1 Å². The largest absolute Gasteiger partial charge is 0.493 e. The summed E-state index contributed by atoms with van der Waals surface area (Å²) in [4.78, 5) is 29.6. The third-order valence-electron chi connectivity index (χ3n) is 6.72. The van der Waals surface area contributed by atoms with Gasteiger partial charge in [-0.25, -0.2) is 0 Å². The summed E-state index contributed by atoms with van der Waals surface area (Å²) in [6, 6.07) is 10.6. The summed E-state index contributed by atoms with van der Waals surface area (Å²) in [6.07, 6.45) is 4.16. The Hall–Kier alpha value is -3.95. The number of amides is 2. The molecule has 2 aromatic carbocycles. The SMILES string of the molecule is COc1ccc(-c2nnn(CC(=O)N(c3ccc(C)cc3C)[C@H](C)C(=O)NC3CCCC3)n2)cc1OC. The first-order valence-corrected chi connectivity index (χ1v) is 12.5. The molecule has 1 fully saturated rings. The topological polar surface area (TPSA) is 111 Å². The minimum atomic E-state index is -0.705. The lowest BCUT2D eigenvalue weighted by Crippen LogP contribution is -2.51. The Bertz CT molecular complexity index is 1270. The first kappa shape index (κ1) is 26.1. The van der Waals surface area contributed by atoms with Crippen LogP contribution in [0.3, 0.4) is 0 Å². The number of aromatic nitrogens is 4. The van der Waals surface area contributed by atoms with Gasteiger partial charge in [0.1, 0.15) is 12.6 Å². The molecule has 2 amide bonds. The van der Waals surface area contributed by atoms with Gasteiger partial charge in [-0.05, 0) is 68.7 Å². The van der Waals surface area contributed by atoms with Crippen molar-refractivity contribution in [3.05, 3.63) is 47.5 Å². The van der Waals surface area contributed by atoms with Crippen molar-refractivity contribution in [1.29, 1.82) is 0 Å². The number of nitrogens with one attached hydrogen (secondary N) is 1. The molecule has 10 nitrogen and oxygen atoms in total. The monoisotopic (exact) mass is 506 g/mol. The normalized spacial score (nSPS) is 14.3. The maximum atomic E-state index is 13.6. The van der Waals surface area contributed by atoms with Crippen molar-refractivity contribution in [2.45, 2.75) is 65.1 Å². The standard InChI is InChI=1S/C27H34N6O4/c1-17-10-12-22(18(2)14-17)33(19(3)27(35)28-21-8-6-7-9-21)25(34)16-32-30-26(29-31-32)20-11-13-23(36-4)24(15-20)37-5/h10-15,19,21H,6-9,16H2,1-5H3,(H,28,35)/t19-/m1/s1. The number of hydrogen-bond acceptors (Lipinski definition) is 7. The fourth-order valence-corrected chi connectivity index (χ4v) is 4.74. The first-order valence-electron chi connectivity index (χ1n) is 12.5. The lowest BCUT2D eigenvalue weighted by Gasteiger charge is -2.30. The zero-order chi connectivity index (χ0) is 26.5. The summed E-state index contributed by atoms with van der Waals surface area (Å²) >= 11 is 0. The fourth-order valence-electron chi connectivity index (χ4n) is 4.74. The summed E-state index contributed by atoms with van der Waals surface area (Å²) in [5, 5.41) is 15.7. The maximum absolute atomic E-state index is 13.6. The van der Waals surface area contributed by atoms with Crippen LogP contribution in [0.4, 0.5) is 5.69 Å². The molecule has 1 saturated carbocycles. The van der Waals surface area contributed by atoms with Crippen LogP contribution >= 0.6 is 0 Å². The van der Waals surface area contributed by atoms with Crippen LogP contribution in [0, 0.1) is 13.8 Å². The van der Waals surface area contributed by atoms with Gasteiger partial charge >= 0.3 is 0 Å². The molecule has 37 heavy (non-hydrogen) atoms. The fraction of sp³-hybridized carbons (Fsp3) is 0.444. The zero-order valence-electron chi connectivity index (χ0n) is 22.0. The summed E-state index contributed by atoms with van der Waals surface area (Å²) in [5.74, 6) is 0.993. The molecule has 1 heterocycles. The van der Waals surface area contributed by atoms with E-state index in [2.05, 4.69) is 20.7 Å². The van der Waals surface area contributed by atoms with E-state index in [4.69, 9.17) is 9.47 Å². The zero-order valence-corrected chi connectivity index (χ0v) is 22.0. The number of benzene rings is 2. The molecule has 1 N–H and O–H groups in total. The molecular formula is C27H34N6O4. The third kappa shape index (κ3) is 5.90. The molecule has 0 radical (unpaired) electrons. The van der Waals surface area contributed by atoms with Crippen LogP contribution in [0.1, 0.15) is 43.7 Å². The Morgan fingerprint density at radius 1 is 1.08 bits per heavy atom. The number of ether oxygens (including phenoxy) is 2.